The maximum absolute atomic E-state index is 11.7. The zero-order chi connectivity index (χ0) is 11.4. The van der Waals surface area contributed by atoms with Gasteiger partial charge < -0.3 is 18.5 Å². The predicted octanol–water partition coefficient (Wildman–Crippen LogP) is 1.79. The molecule has 15 heavy (non-hydrogen) atoms. The second-order valence-electron chi connectivity index (χ2n) is 3.27. The van der Waals surface area contributed by atoms with E-state index in [0.29, 0.717) is 13.2 Å². The smallest absolute Gasteiger partial charge is 0.333 e. The molecule has 0 aromatic rings. The van der Waals surface area contributed by atoms with Crippen molar-refractivity contribution in [3.63, 3.8) is 0 Å². The van der Waals surface area contributed by atoms with Gasteiger partial charge in [0, 0.05) is 14.2 Å². The Bertz CT molecular complexity index is 262. The minimum Gasteiger partial charge on any atom is -0.344 e. The van der Waals surface area contributed by atoms with E-state index in [1.165, 1.54) is 14.2 Å². The van der Waals surface area contributed by atoms with Crippen LogP contribution in [0.2, 0.25) is 0 Å². The third-order valence-corrected chi connectivity index (χ3v) is 3.94. The Morgan fingerprint density at radius 1 is 1.33 bits per heavy atom. The van der Waals surface area contributed by atoms with E-state index in [2.05, 4.69) is 0 Å². The highest BCUT2D eigenvalue weighted by atomic mass is 31.2. The number of rotatable bonds is 5. The summed E-state index contributed by atoms with van der Waals surface area (Å²) in [6, 6.07) is 0. The van der Waals surface area contributed by atoms with Crippen LogP contribution in [0.3, 0.4) is 0 Å². The molecule has 88 valence electrons. The van der Waals surface area contributed by atoms with Gasteiger partial charge in [0.1, 0.15) is 0 Å². The highest BCUT2D eigenvalue weighted by molar-refractivity contribution is 7.54. The molecular formula is C9H17O5P. The molecule has 0 amide bonds. The fourth-order valence-corrected chi connectivity index (χ4v) is 2.06. The van der Waals surface area contributed by atoms with Crippen LogP contribution < -0.4 is 0 Å². The molecule has 0 unspecified atom stereocenters. The average Bonchev–Trinajstić information content (AvgIpc) is 2.65. The van der Waals surface area contributed by atoms with Crippen LogP contribution in [0.4, 0.5) is 0 Å². The summed E-state index contributed by atoms with van der Waals surface area (Å²) in [7, 11) is -0.239. The van der Waals surface area contributed by atoms with E-state index in [-0.39, 0.29) is 6.16 Å². The van der Waals surface area contributed by atoms with Crippen LogP contribution in [-0.2, 0) is 23.1 Å². The van der Waals surface area contributed by atoms with Gasteiger partial charge in [0.25, 0.3) is 0 Å². The van der Waals surface area contributed by atoms with Gasteiger partial charge in [-0.2, -0.15) is 0 Å². The first-order valence-electron chi connectivity index (χ1n) is 4.70. The van der Waals surface area contributed by atoms with Gasteiger partial charge in [-0.3, -0.25) is 4.57 Å². The Labute approximate surface area is 89.9 Å². The average molecular weight is 236 g/mol. The molecule has 0 N–H and O–H groups in total. The molecule has 1 heterocycles. The predicted molar refractivity (Wildman–Crippen MR) is 55.9 cm³/mol. The summed E-state index contributed by atoms with van der Waals surface area (Å²) in [4.78, 5) is 0. The number of hydrogen-bond donors (Lipinski definition) is 0. The van der Waals surface area contributed by atoms with Gasteiger partial charge in [-0.15, -0.1) is 0 Å². The van der Waals surface area contributed by atoms with E-state index < -0.39 is 13.4 Å². The zero-order valence-electron chi connectivity index (χ0n) is 9.26. The number of ether oxygens (including phenoxy) is 2. The molecule has 0 aromatic carbocycles. The summed E-state index contributed by atoms with van der Waals surface area (Å²) in [6.45, 7) is 2.96. The third kappa shape index (κ3) is 3.70. The molecule has 0 spiro atoms. The normalized spacial score (nSPS) is 21.3. The van der Waals surface area contributed by atoms with Gasteiger partial charge >= 0.3 is 7.60 Å². The van der Waals surface area contributed by atoms with Crippen molar-refractivity contribution in [1.82, 2.24) is 0 Å². The molecule has 0 radical (unpaired) electrons. The summed E-state index contributed by atoms with van der Waals surface area (Å²) in [5, 5.41) is 0. The monoisotopic (exact) mass is 236 g/mol. The maximum Gasteiger partial charge on any atom is 0.333 e. The molecule has 1 aliphatic rings. The van der Waals surface area contributed by atoms with E-state index in [1.807, 2.05) is 0 Å². The molecule has 1 fully saturated rings. The Morgan fingerprint density at radius 2 is 1.87 bits per heavy atom. The Morgan fingerprint density at radius 3 is 2.33 bits per heavy atom. The number of allylic oxidation sites excluding steroid dienone is 1. The summed E-state index contributed by atoms with van der Waals surface area (Å²) in [5.74, 6) is -0.702. The van der Waals surface area contributed by atoms with E-state index >= 15 is 0 Å². The van der Waals surface area contributed by atoms with Crippen molar-refractivity contribution in [2.24, 2.45) is 0 Å². The quantitative estimate of drug-likeness (QED) is 0.538. The lowest BCUT2D eigenvalue weighted by Gasteiger charge is -2.17. The largest absolute Gasteiger partial charge is 0.344 e. The summed E-state index contributed by atoms with van der Waals surface area (Å²) in [6.07, 6.45) is 3.63. The van der Waals surface area contributed by atoms with Gasteiger partial charge in [0.15, 0.2) is 5.79 Å². The second-order valence-corrected chi connectivity index (χ2v) is 5.59. The number of hydrogen-bond acceptors (Lipinski definition) is 5. The van der Waals surface area contributed by atoms with Crippen molar-refractivity contribution < 1.29 is 23.1 Å². The Hall–Kier alpha value is -0.190. The van der Waals surface area contributed by atoms with Crippen LogP contribution in [0.1, 0.15) is 6.92 Å². The van der Waals surface area contributed by atoms with Crippen molar-refractivity contribution in [2.75, 3.05) is 33.6 Å². The van der Waals surface area contributed by atoms with Crippen molar-refractivity contribution in [3.05, 3.63) is 12.2 Å². The van der Waals surface area contributed by atoms with E-state index in [1.54, 1.807) is 19.1 Å². The van der Waals surface area contributed by atoms with E-state index in [9.17, 15) is 4.57 Å². The van der Waals surface area contributed by atoms with Gasteiger partial charge in [-0.05, 0) is 13.0 Å². The second kappa shape index (κ2) is 5.23. The lowest BCUT2D eigenvalue weighted by atomic mass is 10.3. The first-order chi connectivity index (χ1) is 7.04. The first-order valence-corrected chi connectivity index (χ1v) is 6.42. The molecule has 6 heteroatoms. The lowest BCUT2D eigenvalue weighted by Crippen LogP contribution is -2.21. The third-order valence-electron chi connectivity index (χ3n) is 2.17. The van der Waals surface area contributed by atoms with Crippen LogP contribution >= 0.6 is 7.60 Å². The molecule has 0 saturated carbocycles. The van der Waals surface area contributed by atoms with Crippen LogP contribution in [-0.4, -0.2) is 39.4 Å². The zero-order valence-corrected chi connectivity index (χ0v) is 10.2. The minimum absolute atomic E-state index is 0.211. The van der Waals surface area contributed by atoms with Gasteiger partial charge in [-0.25, -0.2) is 0 Å². The maximum atomic E-state index is 11.7. The van der Waals surface area contributed by atoms with Crippen molar-refractivity contribution in [3.8, 4) is 0 Å². The van der Waals surface area contributed by atoms with Crippen molar-refractivity contribution in [1.29, 1.82) is 0 Å². The van der Waals surface area contributed by atoms with Gasteiger partial charge in [0.05, 0.1) is 19.4 Å². The molecule has 1 saturated heterocycles. The van der Waals surface area contributed by atoms with Gasteiger partial charge in [0.2, 0.25) is 0 Å². The fraction of sp³-hybridized carbons (Fsp3) is 0.778. The fourth-order valence-electron chi connectivity index (χ4n) is 1.25. The molecule has 0 atom stereocenters. The standard InChI is InChI=1S/C9H17O5P/c1-9(13-6-7-14-9)5-4-8-15(10,11-2)12-3/h4-5H,6-8H2,1-3H3/b5-4+. The van der Waals surface area contributed by atoms with E-state index in [4.69, 9.17) is 18.5 Å². The summed E-state index contributed by atoms with van der Waals surface area (Å²) in [5.41, 5.74) is 0. The molecule has 0 bridgehead atoms. The van der Waals surface area contributed by atoms with Crippen molar-refractivity contribution in [2.45, 2.75) is 12.7 Å². The summed E-state index contributed by atoms with van der Waals surface area (Å²) >= 11 is 0. The first kappa shape index (κ1) is 12.9. The van der Waals surface area contributed by atoms with Crippen LogP contribution in [0, 0.1) is 0 Å². The summed E-state index contributed by atoms with van der Waals surface area (Å²) < 4.78 is 31.9. The minimum atomic E-state index is -2.97. The molecule has 1 aliphatic heterocycles. The molecule has 5 nitrogen and oxygen atoms in total. The van der Waals surface area contributed by atoms with Crippen LogP contribution in [0.5, 0.6) is 0 Å². The van der Waals surface area contributed by atoms with Crippen LogP contribution in [0.15, 0.2) is 12.2 Å². The Balaban J connectivity index is 2.48. The SMILES string of the molecule is COP(=O)(C/C=C/C1(C)OCCO1)OC. The van der Waals surface area contributed by atoms with Crippen LogP contribution in [0.25, 0.3) is 0 Å². The van der Waals surface area contributed by atoms with Crippen molar-refractivity contribution >= 4 is 7.60 Å². The molecule has 0 aliphatic carbocycles. The van der Waals surface area contributed by atoms with E-state index in [0.717, 1.165) is 0 Å². The highest BCUT2D eigenvalue weighted by Crippen LogP contribution is 2.46. The topological polar surface area (TPSA) is 54.0 Å². The molecule has 1 rings (SSSR count). The lowest BCUT2D eigenvalue weighted by molar-refractivity contribution is -0.0997. The molecular weight excluding hydrogens is 219 g/mol. The highest BCUT2D eigenvalue weighted by Gasteiger charge is 2.28. The molecule has 0 aromatic heterocycles. The Kier molecular flexibility index (Phi) is 4.49. The van der Waals surface area contributed by atoms with Gasteiger partial charge in [-0.1, -0.05) is 6.08 Å².